The number of rotatable bonds is 6. The molecule has 0 aromatic carbocycles. The van der Waals surface area contributed by atoms with E-state index in [0.717, 1.165) is 30.1 Å². The Kier molecular flexibility index (Phi) is 4.68. The number of carboxylic acids is 1. The van der Waals surface area contributed by atoms with Gasteiger partial charge in [0.25, 0.3) is 0 Å². The van der Waals surface area contributed by atoms with Crippen LogP contribution in [0.3, 0.4) is 0 Å². The third-order valence-electron chi connectivity index (χ3n) is 1.94. The average Bonchev–Trinajstić information content (AvgIpc) is 2.58. The first-order valence-corrected chi connectivity index (χ1v) is 6.07. The average molecular weight is 228 g/mol. The molecule has 0 aliphatic heterocycles. The van der Waals surface area contributed by atoms with Crippen LogP contribution in [0, 0.1) is 0 Å². The quantitative estimate of drug-likeness (QED) is 0.757. The maximum Gasteiger partial charge on any atom is 0.313 e. The van der Waals surface area contributed by atoms with Crippen LogP contribution in [0.25, 0.3) is 0 Å². The number of hydrogen-bond donors (Lipinski definition) is 1. The van der Waals surface area contributed by atoms with Crippen LogP contribution in [-0.2, 0) is 17.8 Å². The Labute approximate surface area is 93.7 Å². The van der Waals surface area contributed by atoms with Gasteiger partial charge in [-0.15, -0.1) is 0 Å². The third kappa shape index (κ3) is 3.58. The Bertz CT molecular complexity index is 336. The van der Waals surface area contributed by atoms with Crippen LogP contribution in [-0.4, -0.2) is 26.6 Å². The van der Waals surface area contributed by atoms with Gasteiger partial charge in [0.1, 0.15) is 0 Å². The molecular weight excluding hydrogens is 212 g/mol. The normalized spacial score (nSPS) is 10.5. The second-order valence-electron chi connectivity index (χ2n) is 3.22. The summed E-state index contributed by atoms with van der Waals surface area (Å²) in [6.45, 7) is 4.90. The molecule has 1 aromatic heterocycles. The van der Waals surface area contributed by atoms with Crippen molar-refractivity contribution < 1.29 is 9.90 Å². The second-order valence-corrected chi connectivity index (χ2v) is 4.22. The maximum absolute atomic E-state index is 10.5. The Balaban J connectivity index is 2.71. The molecule has 0 spiro atoms. The van der Waals surface area contributed by atoms with Crippen LogP contribution >= 0.6 is 11.8 Å². The van der Waals surface area contributed by atoms with Crippen LogP contribution < -0.4 is 0 Å². The molecule has 0 bridgehead atoms. The van der Waals surface area contributed by atoms with Gasteiger partial charge in [-0.2, -0.15) is 5.10 Å². The number of carbonyl (C=O) groups is 1. The molecule has 1 N–H and O–H groups in total. The van der Waals surface area contributed by atoms with Crippen molar-refractivity contribution in [3.05, 3.63) is 11.8 Å². The number of hydrogen-bond acceptors (Lipinski definition) is 3. The number of aromatic nitrogens is 2. The summed E-state index contributed by atoms with van der Waals surface area (Å²) >= 11 is 1.33. The Morgan fingerprint density at radius 3 is 2.87 bits per heavy atom. The lowest BCUT2D eigenvalue weighted by atomic mass is 10.3. The van der Waals surface area contributed by atoms with Gasteiger partial charge in [0.2, 0.25) is 0 Å². The lowest BCUT2D eigenvalue weighted by Crippen LogP contribution is -2.02. The van der Waals surface area contributed by atoms with Crippen molar-refractivity contribution in [1.82, 2.24) is 9.78 Å². The lowest BCUT2D eigenvalue weighted by Gasteiger charge is -2.01. The zero-order valence-electron chi connectivity index (χ0n) is 9.06. The van der Waals surface area contributed by atoms with Crippen LogP contribution in [0.15, 0.2) is 11.1 Å². The summed E-state index contributed by atoms with van der Waals surface area (Å²) in [5.74, 6) is -0.696. The van der Waals surface area contributed by atoms with Crippen molar-refractivity contribution in [2.75, 3.05) is 5.75 Å². The van der Waals surface area contributed by atoms with E-state index in [1.807, 2.05) is 17.7 Å². The third-order valence-corrected chi connectivity index (χ3v) is 2.96. The molecular formula is C10H16N2O2S. The molecule has 1 heterocycles. The van der Waals surface area contributed by atoms with Gasteiger partial charge in [0.05, 0.1) is 16.5 Å². The molecule has 1 aromatic rings. The monoisotopic (exact) mass is 228 g/mol. The van der Waals surface area contributed by atoms with Crippen molar-refractivity contribution in [3.63, 3.8) is 0 Å². The number of nitrogens with zero attached hydrogens (tertiary/aromatic N) is 2. The van der Waals surface area contributed by atoms with E-state index in [2.05, 4.69) is 12.0 Å². The minimum Gasteiger partial charge on any atom is -0.481 e. The fourth-order valence-electron chi connectivity index (χ4n) is 1.31. The van der Waals surface area contributed by atoms with Gasteiger partial charge in [0, 0.05) is 6.54 Å². The zero-order valence-corrected chi connectivity index (χ0v) is 9.88. The molecule has 0 saturated carbocycles. The molecule has 5 heteroatoms. The maximum atomic E-state index is 10.5. The molecule has 0 fully saturated rings. The highest BCUT2D eigenvalue weighted by molar-refractivity contribution is 7.99. The van der Waals surface area contributed by atoms with Crippen LogP contribution in [0.4, 0.5) is 0 Å². The molecule has 0 atom stereocenters. The van der Waals surface area contributed by atoms with E-state index in [4.69, 9.17) is 5.11 Å². The number of thioether (sulfide) groups is 1. The van der Waals surface area contributed by atoms with E-state index in [-0.39, 0.29) is 5.75 Å². The van der Waals surface area contributed by atoms with Crippen molar-refractivity contribution in [2.24, 2.45) is 0 Å². The molecule has 0 saturated heterocycles. The van der Waals surface area contributed by atoms with E-state index < -0.39 is 5.97 Å². The van der Waals surface area contributed by atoms with Gasteiger partial charge in [-0.1, -0.05) is 25.1 Å². The Morgan fingerprint density at radius 1 is 1.60 bits per heavy atom. The fourth-order valence-corrected chi connectivity index (χ4v) is 2.12. The topological polar surface area (TPSA) is 55.1 Å². The van der Waals surface area contributed by atoms with E-state index in [9.17, 15) is 4.79 Å². The van der Waals surface area contributed by atoms with E-state index >= 15 is 0 Å². The van der Waals surface area contributed by atoms with Gasteiger partial charge in [-0.05, 0) is 19.4 Å². The molecule has 4 nitrogen and oxygen atoms in total. The van der Waals surface area contributed by atoms with E-state index in [0.29, 0.717) is 0 Å². The van der Waals surface area contributed by atoms with Crippen LogP contribution in [0.1, 0.15) is 26.0 Å². The predicted octanol–water partition coefficient (Wildman–Crippen LogP) is 2.03. The first-order chi connectivity index (χ1) is 7.17. The summed E-state index contributed by atoms with van der Waals surface area (Å²) in [5, 5.41) is 13.9. The predicted molar refractivity (Wildman–Crippen MR) is 60.3 cm³/mol. The highest BCUT2D eigenvalue weighted by atomic mass is 32.2. The minimum atomic E-state index is -0.791. The zero-order chi connectivity index (χ0) is 11.3. The molecule has 0 radical (unpaired) electrons. The molecule has 0 amide bonds. The smallest absolute Gasteiger partial charge is 0.313 e. The molecule has 0 unspecified atom stereocenters. The summed E-state index contributed by atoms with van der Waals surface area (Å²) < 4.78 is 1.86. The SMILES string of the molecule is CCCc1cc(SCC(=O)O)n(CC)n1. The second kappa shape index (κ2) is 5.80. The van der Waals surface area contributed by atoms with E-state index in [1.165, 1.54) is 11.8 Å². The van der Waals surface area contributed by atoms with E-state index in [1.54, 1.807) is 0 Å². The fraction of sp³-hybridized carbons (Fsp3) is 0.600. The standard InChI is InChI=1S/C10H16N2O2S/c1-3-5-8-6-9(12(4-2)11-8)15-7-10(13)14/h6H,3-5,7H2,1-2H3,(H,13,14). The first kappa shape index (κ1) is 12.1. The molecule has 0 aliphatic rings. The lowest BCUT2D eigenvalue weighted by molar-refractivity contribution is -0.133. The summed E-state index contributed by atoms with van der Waals surface area (Å²) in [6, 6.07) is 1.99. The summed E-state index contributed by atoms with van der Waals surface area (Å²) in [7, 11) is 0. The molecule has 15 heavy (non-hydrogen) atoms. The number of aryl methyl sites for hydroxylation is 2. The Hall–Kier alpha value is -0.970. The minimum absolute atomic E-state index is 0.0945. The van der Waals surface area contributed by atoms with Gasteiger partial charge >= 0.3 is 5.97 Å². The van der Waals surface area contributed by atoms with Crippen LogP contribution in [0.5, 0.6) is 0 Å². The molecule has 0 aliphatic carbocycles. The van der Waals surface area contributed by atoms with Gasteiger partial charge < -0.3 is 5.11 Å². The number of carboxylic acid groups (broad SMARTS) is 1. The van der Waals surface area contributed by atoms with Crippen molar-refractivity contribution in [2.45, 2.75) is 38.3 Å². The highest BCUT2D eigenvalue weighted by Crippen LogP contribution is 2.19. The summed E-state index contributed by atoms with van der Waals surface area (Å²) in [6.07, 6.45) is 2.01. The van der Waals surface area contributed by atoms with Crippen molar-refractivity contribution >= 4 is 17.7 Å². The first-order valence-electron chi connectivity index (χ1n) is 5.08. The Morgan fingerprint density at radius 2 is 2.33 bits per heavy atom. The highest BCUT2D eigenvalue weighted by Gasteiger charge is 2.08. The van der Waals surface area contributed by atoms with Crippen molar-refractivity contribution in [3.8, 4) is 0 Å². The molecule has 1 rings (SSSR count). The summed E-state index contributed by atoms with van der Waals surface area (Å²) in [5.41, 5.74) is 1.05. The van der Waals surface area contributed by atoms with Gasteiger partial charge in [-0.3, -0.25) is 9.48 Å². The van der Waals surface area contributed by atoms with Crippen LogP contribution in [0.2, 0.25) is 0 Å². The summed E-state index contributed by atoms with van der Waals surface area (Å²) in [4.78, 5) is 10.5. The van der Waals surface area contributed by atoms with Gasteiger partial charge in [-0.25, -0.2) is 0 Å². The van der Waals surface area contributed by atoms with Crippen molar-refractivity contribution in [1.29, 1.82) is 0 Å². The van der Waals surface area contributed by atoms with Gasteiger partial charge in [0.15, 0.2) is 0 Å². The molecule has 84 valence electrons. The largest absolute Gasteiger partial charge is 0.481 e. The number of aliphatic carboxylic acids is 1.